The summed E-state index contributed by atoms with van der Waals surface area (Å²) in [6.07, 6.45) is 2.25. The van der Waals surface area contributed by atoms with Gasteiger partial charge >= 0.3 is 5.69 Å². The molecule has 2 heterocycles. The summed E-state index contributed by atoms with van der Waals surface area (Å²) in [5.41, 5.74) is 1.82. The number of fused-ring (bicyclic) bond motifs is 1. The van der Waals surface area contributed by atoms with Gasteiger partial charge in [-0.1, -0.05) is 37.6 Å². The number of rotatable bonds is 6. The molecule has 0 N–H and O–H groups in total. The van der Waals surface area contributed by atoms with Crippen LogP contribution in [0.15, 0.2) is 64.4 Å². The van der Waals surface area contributed by atoms with Crippen LogP contribution in [0, 0.1) is 17.2 Å². The first-order valence-electron chi connectivity index (χ1n) is 10.3. The van der Waals surface area contributed by atoms with Crippen LogP contribution in [0.5, 0.6) is 0 Å². The topological polar surface area (TPSA) is 85.6 Å². The highest BCUT2D eigenvalue weighted by molar-refractivity contribution is 6.30. The molecule has 0 saturated heterocycles. The summed E-state index contributed by atoms with van der Waals surface area (Å²) in [4.78, 5) is 31.2. The average molecular weight is 448 g/mol. The molecule has 162 valence electrons. The molecule has 0 radical (unpaired) electrons. The van der Waals surface area contributed by atoms with Gasteiger partial charge in [-0.2, -0.15) is 5.26 Å². The fourth-order valence-corrected chi connectivity index (χ4v) is 3.77. The standard InChI is InChI=1S/C24H22ClN5O2/c1-16(2)10-11-29-23(31)21-22(30(24(29)32)20-8-6-19(25)7-9-20)27-15-28(21)14-18-5-3-4-17(12-18)13-26/h3-9,12,15-16H,10-11,14H2,1-2H3. The molecule has 0 aliphatic heterocycles. The van der Waals surface area contributed by atoms with Crippen LogP contribution in [0.4, 0.5) is 0 Å². The number of nitriles is 1. The summed E-state index contributed by atoms with van der Waals surface area (Å²) in [6.45, 7) is 4.76. The fraction of sp³-hybridized carbons (Fsp3) is 0.250. The second kappa shape index (κ2) is 8.85. The second-order valence-electron chi connectivity index (χ2n) is 8.09. The largest absolute Gasteiger partial charge is 0.337 e. The molecule has 0 atom stereocenters. The third kappa shape index (κ3) is 4.10. The van der Waals surface area contributed by atoms with Gasteiger partial charge in [-0.3, -0.25) is 9.36 Å². The van der Waals surface area contributed by atoms with Crippen molar-refractivity contribution in [2.24, 2.45) is 5.92 Å². The van der Waals surface area contributed by atoms with Gasteiger partial charge in [-0.05, 0) is 54.3 Å². The molecule has 0 aliphatic carbocycles. The van der Waals surface area contributed by atoms with E-state index in [2.05, 4.69) is 11.1 Å². The van der Waals surface area contributed by atoms with Gasteiger partial charge in [0, 0.05) is 18.1 Å². The van der Waals surface area contributed by atoms with E-state index in [1.807, 2.05) is 19.9 Å². The van der Waals surface area contributed by atoms with Crippen molar-refractivity contribution < 1.29 is 0 Å². The van der Waals surface area contributed by atoms with Gasteiger partial charge in [0.15, 0.2) is 11.2 Å². The predicted octanol–water partition coefficient (Wildman–Crippen LogP) is 3.97. The van der Waals surface area contributed by atoms with E-state index in [0.29, 0.717) is 52.9 Å². The Kier molecular flexibility index (Phi) is 5.97. The minimum Gasteiger partial charge on any atom is -0.320 e. The number of imidazole rings is 1. The van der Waals surface area contributed by atoms with Crippen LogP contribution in [-0.4, -0.2) is 18.7 Å². The number of benzene rings is 2. The van der Waals surface area contributed by atoms with E-state index in [1.54, 1.807) is 53.4 Å². The zero-order valence-electron chi connectivity index (χ0n) is 17.8. The van der Waals surface area contributed by atoms with Crippen molar-refractivity contribution in [1.82, 2.24) is 18.7 Å². The Morgan fingerprint density at radius 1 is 1.12 bits per heavy atom. The van der Waals surface area contributed by atoms with Crippen molar-refractivity contribution in [2.45, 2.75) is 33.4 Å². The molecule has 0 bridgehead atoms. The first-order chi connectivity index (χ1) is 15.4. The minimum atomic E-state index is -0.429. The molecule has 0 unspecified atom stereocenters. The van der Waals surface area contributed by atoms with Crippen molar-refractivity contribution in [3.8, 4) is 11.8 Å². The van der Waals surface area contributed by atoms with Gasteiger partial charge in [0.05, 0.1) is 23.6 Å². The van der Waals surface area contributed by atoms with Crippen molar-refractivity contribution >= 4 is 22.8 Å². The summed E-state index contributed by atoms with van der Waals surface area (Å²) in [6, 6.07) is 16.2. The third-order valence-corrected chi connectivity index (χ3v) is 5.58. The third-order valence-electron chi connectivity index (χ3n) is 5.32. The van der Waals surface area contributed by atoms with E-state index < -0.39 is 5.69 Å². The number of halogens is 1. The molecule has 8 heteroatoms. The lowest BCUT2D eigenvalue weighted by Crippen LogP contribution is -2.40. The van der Waals surface area contributed by atoms with Crippen LogP contribution < -0.4 is 11.2 Å². The Labute approximate surface area is 189 Å². The maximum Gasteiger partial charge on any atom is 0.337 e. The number of nitrogens with zero attached hydrogens (tertiary/aromatic N) is 5. The van der Waals surface area contributed by atoms with Crippen LogP contribution in [0.25, 0.3) is 16.9 Å². The van der Waals surface area contributed by atoms with Crippen molar-refractivity contribution in [3.63, 3.8) is 0 Å². The van der Waals surface area contributed by atoms with E-state index in [4.69, 9.17) is 11.6 Å². The SMILES string of the molecule is CC(C)CCn1c(=O)c2c(ncn2Cc2cccc(C#N)c2)n(-c2ccc(Cl)cc2)c1=O. The van der Waals surface area contributed by atoms with Gasteiger partial charge in [0.25, 0.3) is 5.56 Å². The first-order valence-corrected chi connectivity index (χ1v) is 10.7. The smallest absolute Gasteiger partial charge is 0.320 e. The van der Waals surface area contributed by atoms with Crippen LogP contribution >= 0.6 is 11.6 Å². The Morgan fingerprint density at radius 3 is 2.56 bits per heavy atom. The zero-order valence-corrected chi connectivity index (χ0v) is 18.6. The maximum absolute atomic E-state index is 13.4. The Balaban J connectivity index is 1.94. The van der Waals surface area contributed by atoms with Crippen molar-refractivity contribution in [1.29, 1.82) is 5.26 Å². The number of hydrogen-bond donors (Lipinski definition) is 0. The molecule has 7 nitrogen and oxygen atoms in total. The van der Waals surface area contributed by atoms with Gasteiger partial charge < -0.3 is 4.57 Å². The molecule has 2 aromatic heterocycles. The lowest BCUT2D eigenvalue weighted by atomic mass is 10.1. The lowest BCUT2D eigenvalue weighted by molar-refractivity contribution is 0.491. The molecule has 4 aromatic rings. The first kappa shape index (κ1) is 21.6. The summed E-state index contributed by atoms with van der Waals surface area (Å²) in [5.74, 6) is 0.333. The molecule has 32 heavy (non-hydrogen) atoms. The van der Waals surface area contributed by atoms with Crippen LogP contribution in [-0.2, 0) is 13.1 Å². The maximum atomic E-state index is 13.4. The normalized spacial score (nSPS) is 11.2. The second-order valence-corrected chi connectivity index (χ2v) is 8.53. The molecule has 0 saturated carbocycles. The van der Waals surface area contributed by atoms with Crippen LogP contribution in [0.3, 0.4) is 0 Å². The summed E-state index contributed by atoms with van der Waals surface area (Å²) in [5, 5.41) is 9.74. The van der Waals surface area contributed by atoms with E-state index in [-0.39, 0.29) is 5.56 Å². The number of aromatic nitrogens is 4. The predicted molar refractivity (Wildman–Crippen MR) is 124 cm³/mol. The van der Waals surface area contributed by atoms with Gasteiger partial charge in [0.2, 0.25) is 0 Å². The highest BCUT2D eigenvalue weighted by Crippen LogP contribution is 2.17. The zero-order chi connectivity index (χ0) is 22.8. The Bertz CT molecular complexity index is 1440. The quantitative estimate of drug-likeness (QED) is 0.447. The minimum absolute atomic E-state index is 0.291. The molecule has 0 spiro atoms. The van der Waals surface area contributed by atoms with E-state index >= 15 is 0 Å². The van der Waals surface area contributed by atoms with E-state index in [1.165, 1.54) is 9.13 Å². The highest BCUT2D eigenvalue weighted by Gasteiger charge is 2.19. The Hall–Kier alpha value is -3.63. The highest BCUT2D eigenvalue weighted by atomic mass is 35.5. The molecule has 4 rings (SSSR count). The average Bonchev–Trinajstić information content (AvgIpc) is 3.18. The molecule has 0 amide bonds. The molecule has 0 aliphatic rings. The molecular formula is C24H22ClN5O2. The summed E-state index contributed by atoms with van der Waals surface area (Å²) < 4.78 is 4.46. The summed E-state index contributed by atoms with van der Waals surface area (Å²) in [7, 11) is 0. The van der Waals surface area contributed by atoms with Crippen LogP contribution in [0.2, 0.25) is 5.02 Å². The summed E-state index contributed by atoms with van der Waals surface area (Å²) >= 11 is 6.03. The van der Waals surface area contributed by atoms with Crippen molar-refractivity contribution in [3.05, 3.63) is 91.8 Å². The number of hydrogen-bond acceptors (Lipinski definition) is 4. The van der Waals surface area contributed by atoms with Crippen LogP contribution in [0.1, 0.15) is 31.4 Å². The fourth-order valence-electron chi connectivity index (χ4n) is 3.64. The molecule has 2 aromatic carbocycles. The molecular weight excluding hydrogens is 426 g/mol. The van der Waals surface area contributed by atoms with Crippen molar-refractivity contribution in [2.75, 3.05) is 0 Å². The van der Waals surface area contributed by atoms with E-state index in [0.717, 1.165) is 5.56 Å². The van der Waals surface area contributed by atoms with Gasteiger partial charge in [-0.15, -0.1) is 0 Å². The molecule has 0 fully saturated rings. The van der Waals surface area contributed by atoms with Gasteiger partial charge in [-0.25, -0.2) is 14.3 Å². The monoisotopic (exact) mass is 447 g/mol. The Morgan fingerprint density at radius 2 is 1.88 bits per heavy atom. The van der Waals surface area contributed by atoms with E-state index in [9.17, 15) is 14.9 Å². The van der Waals surface area contributed by atoms with Gasteiger partial charge in [0.1, 0.15) is 0 Å². The lowest BCUT2D eigenvalue weighted by Gasteiger charge is -2.14.